The van der Waals surface area contributed by atoms with E-state index in [4.69, 9.17) is 15.2 Å². The van der Waals surface area contributed by atoms with Crippen LogP contribution in [0.4, 0.5) is 5.69 Å². The molecule has 0 atom stereocenters. The number of nitrogens with one attached hydrogen (secondary N) is 1. The van der Waals surface area contributed by atoms with Crippen molar-refractivity contribution in [3.63, 3.8) is 0 Å². The minimum absolute atomic E-state index is 0.380. The third-order valence-corrected chi connectivity index (χ3v) is 4.79. The average Bonchev–Trinajstić information content (AvgIpc) is 2.71. The van der Waals surface area contributed by atoms with Crippen molar-refractivity contribution < 1.29 is 9.47 Å². The normalized spacial score (nSPS) is 14.5. The number of nitrogens with zero attached hydrogens (tertiary/aromatic N) is 2. The first-order valence-corrected chi connectivity index (χ1v) is 9.27. The molecule has 1 heterocycles. The average molecular weight is 368 g/mol. The SMILES string of the molecule is COc1ccc(OC)c(NC(N)=NCCCN2CCc3ccccc3C2)c1. The first-order valence-electron chi connectivity index (χ1n) is 9.27. The summed E-state index contributed by atoms with van der Waals surface area (Å²) in [5, 5.41) is 3.10. The number of fused-ring (bicyclic) bond motifs is 1. The number of anilines is 1. The van der Waals surface area contributed by atoms with Crippen LogP contribution in [-0.2, 0) is 13.0 Å². The van der Waals surface area contributed by atoms with E-state index in [-0.39, 0.29) is 0 Å². The van der Waals surface area contributed by atoms with Gasteiger partial charge in [-0.25, -0.2) is 0 Å². The Morgan fingerprint density at radius 1 is 1.15 bits per heavy atom. The van der Waals surface area contributed by atoms with Gasteiger partial charge in [0, 0.05) is 32.2 Å². The Morgan fingerprint density at radius 3 is 2.74 bits per heavy atom. The summed E-state index contributed by atoms with van der Waals surface area (Å²) in [4.78, 5) is 6.92. The van der Waals surface area contributed by atoms with Gasteiger partial charge < -0.3 is 20.5 Å². The Morgan fingerprint density at radius 2 is 1.96 bits per heavy atom. The number of ether oxygens (including phenoxy) is 2. The highest BCUT2D eigenvalue weighted by Crippen LogP contribution is 2.28. The molecule has 0 bridgehead atoms. The molecule has 3 N–H and O–H groups in total. The van der Waals surface area contributed by atoms with Crippen LogP contribution >= 0.6 is 0 Å². The molecule has 6 nitrogen and oxygen atoms in total. The van der Waals surface area contributed by atoms with Crippen LogP contribution in [0.25, 0.3) is 0 Å². The highest BCUT2D eigenvalue weighted by molar-refractivity contribution is 5.94. The molecular weight excluding hydrogens is 340 g/mol. The first kappa shape index (κ1) is 19.0. The summed E-state index contributed by atoms with van der Waals surface area (Å²) in [5.41, 5.74) is 9.70. The van der Waals surface area contributed by atoms with E-state index < -0.39 is 0 Å². The molecule has 0 saturated carbocycles. The summed E-state index contributed by atoms with van der Waals surface area (Å²) >= 11 is 0. The fourth-order valence-corrected chi connectivity index (χ4v) is 3.33. The van der Waals surface area contributed by atoms with Gasteiger partial charge in [-0.3, -0.25) is 9.89 Å². The second-order valence-corrected chi connectivity index (χ2v) is 6.61. The van der Waals surface area contributed by atoms with Crippen molar-refractivity contribution in [3.05, 3.63) is 53.6 Å². The van der Waals surface area contributed by atoms with Gasteiger partial charge in [0.1, 0.15) is 11.5 Å². The third-order valence-electron chi connectivity index (χ3n) is 4.79. The van der Waals surface area contributed by atoms with Crippen molar-refractivity contribution in [2.24, 2.45) is 10.7 Å². The number of hydrogen-bond acceptors (Lipinski definition) is 4. The Balaban J connectivity index is 1.48. The molecule has 0 saturated heterocycles. The van der Waals surface area contributed by atoms with E-state index in [2.05, 4.69) is 39.5 Å². The van der Waals surface area contributed by atoms with E-state index in [0.29, 0.717) is 18.3 Å². The molecule has 6 heteroatoms. The standard InChI is InChI=1S/C21H28N4O2/c1-26-18-8-9-20(27-2)19(14-18)24-21(22)23-11-5-12-25-13-10-16-6-3-4-7-17(16)15-25/h3-4,6-9,14H,5,10-13,15H2,1-2H3,(H3,22,23,24). The van der Waals surface area contributed by atoms with Crippen molar-refractivity contribution in [2.45, 2.75) is 19.4 Å². The lowest BCUT2D eigenvalue weighted by Gasteiger charge is -2.28. The number of hydrogen-bond donors (Lipinski definition) is 2. The molecule has 0 unspecified atom stereocenters. The predicted molar refractivity (Wildman–Crippen MR) is 110 cm³/mol. The van der Waals surface area contributed by atoms with Gasteiger partial charge in [-0.15, -0.1) is 0 Å². The van der Waals surface area contributed by atoms with Crippen LogP contribution in [-0.4, -0.2) is 44.7 Å². The lowest BCUT2D eigenvalue weighted by Crippen LogP contribution is -2.31. The van der Waals surface area contributed by atoms with Crippen LogP contribution in [0.3, 0.4) is 0 Å². The third kappa shape index (κ3) is 5.14. The van der Waals surface area contributed by atoms with Crippen molar-refractivity contribution in [1.82, 2.24) is 4.90 Å². The van der Waals surface area contributed by atoms with Crippen LogP contribution < -0.4 is 20.5 Å². The Hall–Kier alpha value is -2.73. The van der Waals surface area contributed by atoms with Gasteiger partial charge in [0.05, 0.1) is 19.9 Å². The second kappa shape index (κ2) is 9.28. The highest BCUT2D eigenvalue weighted by atomic mass is 16.5. The van der Waals surface area contributed by atoms with Crippen molar-refractivity contribution in [3.8, 4) is 11.5 Å². The lowest BCUT2D eigenvalue weighted by molar-refractivity contribution is 0.253. The zero-order valence-electron chi connectivity index (χ0n) is 16.1. The molecule has 0 radical (unpaired) electrons. The van der Waals surface area contributed by atoms with E-state index in [1.54, 1.807) is 14.2 Å². The Kier molecular flexibility index (Phi) is 6.54. The van der Waals surface area contributed by atoms with Crippen LogP contribution in [0.5, 0.6) is 11.5 Å². The van der Waals surface area contributed by atoms with Crippen LogP contribution in [0.1, 0.15) is 17.5 Å². The molecule has 27 heavy (non-hydrogen) atoms. The first-order chi connectivity index (χ1) is 13.2. The van der Waals surface area contributed by atoms with Gasteiger partial charge in [0.2, 0.25) is 0 Å². The van der Waals surface area contributed by atoms with Gasteiger partial charge in [0.15, 0.2) is 5.96 Å². The number of aliphatic imine (C=N–C) groups is 1. The number of nitrogens with two attached hydrogens (primary N) is 1. The summed E-state index contributed by atoms with van der Waals surface area (Å²) in [6.07, 6.45) is 2.10. The van der Waals surface area contributed by atoms with E-state index in [1.165, 1.54) is 11.1 Å². The van der Waals surface area contributed by atoms with E-state index >= 15 is 0 Å². The van der Waals surface area contributed by atoms with Crippen molar-refractivity contribution in [1.29, 1.82) is 0 Å². The number of methoxy groups -OCH3 is 2. The van der Waals surface area contributed by atoms with Gasteiger partial charge in [-0.05, 0) is 36.1 Å². The molecule has 0 spiro atoms. The van der Waals surface area contributed by atoms with Gasteiger partial charge >= 0.3 is 0 Å². The molecular formula is C21H28N4O2. The summed E-state index contributed by atoms with van der Waals surface area (Å²) in [6, 6.07) is 14.2. The molecule has 0 aliphatic carbocycles. The molecule has 3 rings (SSSR count). The Labute approximate surface area is 161 Å². The molecule has 0 fully saturated rings. The zero-order chi connectivity index (χ0) is 19.1. The summed E-state index contributed by atoms with van der Waals surface area (Å²) in [7, 11) is 3.25. The Bertz CT molecular complexity index is 792. The lowest BCUT2D eigenvalue weighted by atomic mass is 10.00. The maximum atomic E-state index is 6.03. The van der Waals surface area contributed by atoms with Crippen LogP contribution in [0.2, 0.25) is 0 Å². The van der Waals surface area contributed by atoms with E-state index in [1.807, 2.05) is 18.2 Å². The summed E-state index contributed by atoms with van der Waals surface area (Å²) < 4.78 is 10.6. The zero-order valence-corrected chi connectivity index (χ0v) is 16.1. The van der Waals surface area contributed by atoms with Crippen molar-refractivity contribution >= 4 is 11.6 Å². The maximum Gasteiger partial charge on any atom is 0.193 e. The smallest absolute Gasteiger partial charge is 0.193 e. The largest absolute Gasteiger partial charge is 0.497 e. The molecule has 2 aromatic carbocycles. The molecule has 144 valence electrons. The number of guanidine groups is 1. The second-order valence-electron chi connectivity index (χ2n) is 6.61. The van der Waals surface area contributed by atoms with Gasteiger partial charge in [0.25, 0.3) is 0 Å². The monoisotopic (exact) mass is 368 g/mol. The molecule has 1 aliphatic heterocycles. The predicted octanol–water partition coefficient (Wildman–Crippen LogP) is 2.88. The van der Waals surface area contributed by atoms with Crippen molar-refractivity contribution in [2.75, 3.05) is 39.2 Å². The van der Waals surface area contributed by atoms with E-state index in [0.717, 1.165) is 43.9 Å². The van der Waals surface area contributed by atoms with Crippen LogP contribution in [0, 0.1) is 0 Å². The van der Waals surface area contributed by atoms with E-state index in [9.17, 15) is 0 Å². The number of rotatable bonds is 7. The molecule has 1 aliphatic rings. The van der Waals surface area contributed by atoms with Gasteiger partial charge in [-0.1, -0.05) is 24.3 Å². The van der Waals surface area contributed by atoms with Crippen LogP contribution in [0.15, 0.2) is 47.5 Å². The minimum atomic E-state index is 0.380. The minimum Gasteiger partial charge on any atom is -0.497 e. The molecule has 2 aromatic rings. The van der Waals surface area contributed by atoms with Gasteiger partial charge in [-0.2, -0.15) is 0 Å². The summed E-state index contributed by atoms with van der Waals surface area (Å²) in [6.45, 7) is 3.83. The highest BCUT2D eigenvalue weighted by Gasteiger charge is 2.14. The quantitative estimate of drug-likeness (QED) is 0.447. The fourth-order valence-electron chi connectivity index (χ4n) is 3.33. The summed E-state index contributed by atoms with van der Waals surface area (Å²) in [5.74, 6) is 1.81. The molecule has 0 amide bonds. The topological polar surface area (TPSA) is 72.1 Å². The fraction of sp³-hybridized carbons (Fsp3) is 0.381. The maximum absolute atomic E-state index is 6.03. The number of benzene rings is 2. The molecule has 0 aromatic heterocycles.